The van der Waals surface area contributed by atoms with E-state index in [0.29, 0.717) is 6.54 Å². The first-order valence-electron chi connectivity index (χ1n) is 5.49. The summed E-state index contributed by atoms with van der Waals surface area (Å²) in [6.45, 7) is 2.33. The van der Waals surface area contributed by atoms with Gasteiger partial charge >= 0.3 is 0 Å². The Morgan fingerprint density at radius 3 is 2.44 bits per heavy atom. The molecule has 0 aromatic carbocycles. The van der Waals surface area contributed by atoms with E-state index in [4.69, 9.17) is 20.2 Å². The van der Waals surface area contributed by atoms with Crippen molar-refractivity contribution >= 4 is 25.6 Å². The molecule has 0 spiro atoms. The molecule has 1 aliphatic heterocycles. The second kappa shape index (κ2) is 5.73. The van der Waals surface area contributed by atoms with E-state index in [0.717, 1.165) is 0 Å². The fourth-order valence-electron chi connectivity index (χ4n) is 1.96. The van der Waals surface area contributed by atoms with Gasteiger partial charge in [-0.2, -0.15) is 0 Å². The molecule has 1 heterocycles. The van der Waals surface area contributed by atoms with Gasteiger partial charge < -0.3 is 14.4 Å². The number of methoxy groups -OCH3 is 2. The van der Waals surface area contributed by atoms with Crippen LogP contribution in [-0.2, 0) is 23.3 Å². The first-order valence-corrected chi connectivity index (χ1v) is 7.97. The first kappa shape index (κ1) is 15.7. The second-order valence-corrected chi connectivity index (χ2v) is 7.41. The Morgan fingerprint density at radius 1 is 1.44 bits per heavy atom. The van der Waals surface area contributed by atoms with Crippen LogP contribution in [0.5, 0.6) is 0 Å². The molecular formula is C10H18ClNO5S. The van der Waals surface area contributed by atoms with Crippen molar-refractivity contribution in [2.75, 3.05) is 33.1 Å². The summed E-state index contributed by atoms with van der Waals surface area (Å²) in [4.78, 5) is 13.3. The topological polar surface area (TPSA) is 72.9 Å². The molecule has 1 unspecified atom stereocenters. The van der Waals surface area contributed by atoms with Crippen molar-refractivity contribution in [2.45, 2.75) is 19.1 Å². The zero-order valence-electron chi connectivity index (χ0n) is 10.7. The molecule has 1 atom stereocenters. The molecule has 106 valence electrons. The predicted octanol–water partition coefficient (Wildman–Crippen LogP) is 0.413. The average Bonchev–Trinajstić information content (AvgIpc) is 2.56. The molecule has 1 amide bonds. The van der Waals surface area contributed by atoms with Gasteiger partial charge in [-0.3, -0.25) is 4.79 Å². The van der Waals surface area contributed by atoms with Crippen LogP contribution in [0.4, 0.5) is 0 Å². The Labute approximate surface area is 112 Å². The zero-order chi connectivity index (χ0) is 14.0. The number of ether oxygens (including phenoxy) is 2. The number of carbonyl (C=O) groups is 1. The first-order chi connectivity index (χ1) is 8.19. The van der Waals surface area contributed by atoms with Gasteiger partial charge in [-0.25, -0.2) is 8.42 Å². The summed E-state index contributed by atoms with van der Waals surface area (Å²) in [6.07, 6.45) is 0.190. The Hall–Kier alpha value is -0.370. The van der Waals surface area contributed by atoms with Gasteiger partial charge in [0.15, 0.2) is 5.79 Å². The summed E-state index contributed by atoms with van der Waals surface area (Å²) in [7, 11) is 4.59. The van der Waals surface area contributed by atoms with E-state index in [1.54, 1.807) is 11.8 Å². The number of likely N-dealkylation sites (tertiary alicyclic amines) is 1. The molecule has 1 aliphatic rings. The van der Waals surface area contributed by atoms with Crippen LogP contribution >= 0.6 is 10.7 Å². The normalized spacial score (nSPS) is 21.7. The predicted molar refractivity (Wildman–Crippen MR) is 66.7 cm³/mol. The van der Waals surface area contributed by atoms with Crippen molar-refractivity contribution in [3.8, 4) is 0 Å². The maximum absolute atomic E-state index is 11.8. The van der Waals surface area contributed by atoms with Crippen LogP contribution < -0.4 is 0 Å². The monoisotopic (exact) mass is 299 g/mol. The third-order valence-electron chi connectivity index (χ3n) is 3.07. The molecule has 0 bridgehead atoms. The molecule has 0 N–H and O–H groups in total. The molecule has 0 saturated carbocycles. The molecular weight excluding hydrogens is 282 g/mol. The Kier molecular flexibility index (Phi) is 4.99. The van der Waals surface area contributed by atoms with Crippen molar-refractivity contribution in [3.05, 3.63) is 0 Å². The van der Waals surface area contributed by atoms with Crippen LogP contribution in [0.25, 0.3) is 0 Å². The lowest BCUT2D eigenvalue weighted by molar-refractivity contribution is -0.203. The largest absolute Gasteiger partial charge is 0.352 e. The van der Waals surface area contributed by atoms with Gasteiger partial charge in [-0.1, -0.05) is 0 Å². The Balaban J connectivity index is 2.63. The van der Waals surface area contributed by atoms with Gasteiger partial charge in [0.05, 0.1) is 12.3 Å². The molecule has 0 aromatic rings. The highest BCUT2D eigenvalue weighted by Crippen LogP contribution is 2.23. The van der Waals surface area contributed by atoms with E-state index in [-0.39, 0.29) is 30.5 Å². The van der Waals surface area contributed by atoms with Crippen LogP contribution in [-0.4, -0.2) is 58.1 Å². The number of nitrogens with zero attached hydrogens (tertiary/aromatic N) is 1. The fourth-order valence-corrected chi connectivity index (χ4v) is 3.28. The smallest absolute Gasteiger partial charge is 0.232 e. The summed E-state index contributed by atoms with van der Waals surface area (Å²) >= 11 is 0. The van der Waals surface area contributed by atoms with Gasteiger partial charge in [-0.05, 0) is 6.92 Å². The molecule has 0 radical (unpaired) electrons. The van der Waals surface area contributed by atoms with E-state index < -0.39 is 14.8 Å². The highest BCUT2D eigenvalue weighted by atomic mass is 35.7. The summed E-state index contributed by atoms with van der Waals surface area (Å²) in [5, 5.41) is 0. The van der Waals surface area contributed by atoms with E-state index >= 15 is 0 Å². The lowest BCUT2D eigenvalue weighted by Crippen LogP contribution is -2.44. The van der Waals surface area contributed by atoms with Gasteiger partial charge in [0.1, 0.15) is 0 Å². The number of rotatable bonds is 6. The van der Waals surface area contributed by atoms with Crippen LogP contribution in [0, 0.1) is 5.92 Å². The standard InChI is InChI=1S/C10H18ClNO5S/c1-10(16-2,17-3)7-12-5-8(4-9(12)13)6-18(11,14)15/h8H,4-7H2,1-3H3. The molecule has 0 aromatic heterocycles. The summed E-state index contributed by atoms with van der Waals surface area (Å²) in [5.41, 5.74) is 0. The summed E-state index contributed by atoms with van der Waals surface area (Å²) in [6, 6.07) is 0. The fraction of sp³-hybridized carbons (Fsp3) is 0.900. The summed E-state index contributed by atoms with van der Waals surface area (Å²) in [5.74, 6) is -1.45. The lowest BCUT2D eigenvalue weighted by atomic mass is 10.1. The average molecular weight is 300 g/mol. The van der Waals surface area contributed by atoms with Gasteiger partial charge in [0, 0.05) is 43.8 Å². The zero-order valence-corrected chi connectivity index (χ0v) is 12.3. The SMILES string of the molecule is COC(C)(CN1CC(CS(=O)(=O)Cl)CC1=O)OC. The molecule has 1 saturated heterocycles. The van der Waals surface area contributed by atoms with Gasteiger partial charge in [0.25, 0.3) is 0 Å². The minimum atomic E-state index is -3.58. The molecule has 6 nitrogen and oxygen atoms in total. The molecule has 1 fully saturated rings. The van der Waals surface area contributed by atoms with Gasteiger partial charge in [0.2, 0.25) is 15.0 Å². The van der Waals surface area contributed by atoms with Gasteiger partial charge in [-0.15, -0.1) is 0 Å². The molecule has 1 rings (SSSR count). The second-order valence-electron chi connectivity index (χ2n) is 4.59. The van der Waals surface area contributed by atoms with Crippen molar-refractivity contribution in [1.82, 2.24) is 4.90 Å². The van der Waals surface area contributed by atoms with Crippen LogP contribution in [0.1, 0.15) is 13.3 Å². The van der Waals surface area contributed by atoms with Crippen LogP contribution in [0.15, 0.2) is 0 Å². The maximum Gasteiger partial charge on any atom is 0.232 e. The minimum Gasteiger partial charge on any atom is -0.352 e. The van der Waals surface area contributed by atoms with E-state index in [9.17, 15) is 13.2 Å². The highest BCUT2D eigenvalue weighted by Gasteiger charge is 2.36. The summed E-state index contributed by atoms with van der Waals surface area (Å²) < 4.78 is 32.3. The lowest BCUT2D eigenvalue weighted by Gasteiger charge is -2.31. The van der Waals surface area contributed by atoms with Crippen molar-refractivity contribution < 1.29 is 22.7 Å². The van der Waals surface area contributed by atoms with Crippen molar-refractivity contribution in [1.29, 1.82) is 0 Å². The Morgan fingerprint density at radius 2 is 2.00 bits per heavy atom. The quantitative estimate of drug-likeness (QED) is 0.525. The highest BCUT2D eigenvalue weighted by molar-refractivity contribution is 8.13. The van der Waals surface area contributed by atoms with Crippen LogP contribution in [0.3, 0.4) is 0 Å². The van der Waals surface area contributed by atoms with E-state index in [1.807, 2.05) is 0 Å². The number of halogens is 1. The number of hydrogen-bond acceptors (Lipinski definition) is 5. The van der Waals surface area contributed by atoms with Crippen molar-refractivity contribution in [3.63, 3.8) is 0 Å². The minimum absolute atomic E-state index is 0.111. The Bertz CT molecular complexity index is 406. The maximum atomic E-state index is 11.8. The number of hydrogen-bond donors (Lipinski definition) is 0. The van der Waals surface area contributed by atoms with Crippen molar-refractivity contribution in [2.24, 2.45) is 5.92 Å². The van der Waals surface area contributed by atoms with E-state index in [2.05, 4.69) is 0 Å². The molecule has 18 heavy (non-hydrogen) atoms. The van der Waals surface area contributed by atoms with E-state index in [1.165, 1.54) is 14.2 Å². The third kappa shape index (κ3) is 4.38. The number of amides is 1. The van der Waals surface area contributed by atoms with Crippen LogP contribution in [0.2, 0.25) is 0 Å². The molecule has 0 aliphatic carbocycles. The third-order valence-corrected chi connectivity index (χ3v) is 4.32. The molecule has 8 heteroatoms. The number of carbonyl (C=O) groups excluding carboxylic acids is 1.